The molecule has 0 aliphatic rings. The lowest BCUT2D eigenvalue weighted by molar-refractivity contribution is 0.0992. The minimum Gasteiger partial charge on any atom is -0.496 e. The number of hydrogen-bond acceptors (Lipinski definition) is 2. The molecule has 0 N–H and O–H groups in total. The van der Waals surface area contributed by atoms with Crippen LogP contribution in [0.25, 0.3) is 0 Å². The minimum absolute atomic E-state index is 0.00509. The van der Waals surface area contributed by atoms with Crippen LogP contribution in [0.4, 0.5) is 0 Å². The summed E-state index contributed by atoms with van der Waals surface area (Å²) in [5, 5.41) is 0.500. The lowest BCUT2D eigenvalue weighted by Gasteiger charge is -2.08. The van der Waals surface area contributed by atoms with E-state index >= 15 is 0 Å². The molecule has 0 unspecified atom stereocenters. The van der Waals surface area contributed by atoms with Gasteiger partial charge in [-0.15, -0.1) is 0 Å². The van der Waals surface area contributed by atoms with Gasteiger partial charge in [-0.3, -0.25) is 4.79 Å². The van der Waals surface area contributed by atoms with Crippen LogP contribution in [0.2, 0.25) is 5.02 Å². The van der Waals surface area contributed by atoms with E-state index in [2.05, 4.69) is 0 Å². The molecule has 0 saturated heterocycles. The predicted octanol–water partition coefficient (Wildman–Crippen LogP) is 4.08. The fourth-order valence-corrected chi connectivity index (χ4v) is 2.30. The summed E-state index contributed by atoms with van der Waals surface area (Å²) in [6.45, 7) is 1.94. The molecule has 3 heteroatoms. The topological polar surface area (TPSA) is 26.3 Å². The monoisotopic (exact) mass is 274 g/mol. The number of carbonyl (C=O) groups excluding carboxylic acids is 1. The van der Waals surface area contributed by atoms with Gasteiger partial charge >= 0.3 is 0 Å². The molecule has 0 bridgehead atoms. The van der Waals surface area contributed by atoms with Crippen LogP contribution in [0.1, 0.15) is 21.5 Å². The quantitative estimate of drug-likeness (QED) is 0.785. The van der Waals surface area contributed by atoms with Crippen LogP contribution in [0.15, 0.2) is 42.5 Å². The number of ketones is 1. The van der Waals surface area contributed by atoms with Crippen molar-refractivity contribution in [1.82, 2.24) is 0 Å². The molecule has 2 aromatic rings. The van der Waals surface area contributed by atoms with E-state index in [0.717, 1.165) is 16.9 Å². The highest BCUT2D eigenvalue weighted by atomic mass is 35.5. The number of aryl methyl sites for hydroxylation is 1. The summed E-state index contributed by atoms with van der Waals surface area (Å²) in [6.07, 6.45) is 0.285. The first-order chi connectivity index (χ1) is 9.11. The van der Waals surface area contributed by atoms with E-state index in [1.807, 2.05) is 37.3 Å². The second-order valence-corrected chi connectivity index (χ2v) is 4.80. The summed E-state index contributed by atoms with van der Waals surface area (Å²) in [4.78, 5) is 12.3. The Bertz CT molecular complexity index is 605. The van der Waals surface area contributed by atoms with Crippen molar-refractivity contribution in [1.29, 1.82) is 0 Å². The number of methoxy groups -OCH3 is 1. The van der Waals surface area contributed by atoms with Crippen molar-refractivity contribution in [3.63, 3.8) is 0 Å². The SMILES string of the molecule is COc1ccccc1CC(=O)c1ccc(C)cc1Cl. The molecule has 0 radical (unpaired) electrons. The third kappa shape index (κ3) is 3.15. The van der Waals surface area contributed by atoms with Gasteiger partial charge in [-0.25, -0.2) is 0 Å². The van der Waals surface area contributed by atoms with Gasteiger partial charge in [-0.05, 0) is 30.7 Å². The third-order valence-corrected chi connectivity index (χ3v) is 3.28. The van der Waals surface area contributed by atoms with Crippen LogP contribution < -0.4 is 4.74 Å². The molecule has 0 heterocycles. The molecule has 0 atom stereocenters. The fraction of sp³-hybridized carbons (Fsp3) is 0.188. The molecule has 0 aromatic heterocycles. The first kappa shape index (κ1) is 13.6. The van der Waals surface area contributed by atoms with Crippen molar-refractivity contribution in [2.24, 2.45) is 0 Å². The highest BCUT2D eigenvalue weighted by molar-refractivity contribution is 6.34. The molecule has 0 fully saturated rings. The van der Waals surface area contributed by atoms with Crippen molar-refractivity contribution < 1.29 is 9.53 Å². The number of rotatable bonds is 4. The maximum atomic E-state index is 12.3. The normalized spacial score (nSPS) is 10.3. The third-order valence-electron chi connectivity index (χ3n) is 2.97. The number of Topliss-reactive ketones (excluding diaryl/α,β-unsaturated/α-hetero) is 1. The molecule has 98 valence electrons. The van der Waals surface area contributed by atoms with E-state index in [0.29, 0.717) is 10.6 Å². The largest absolute Gasteiger partial charge is 0.496 e. The Labute approximate surface area is 118 Å². The van der Waals surface area contributed by atoms with Gasteiger partial charge in [-0.2, -0.15) is 0 Å². The molecule has 0 aliphatic carbocycles. The lowest BCUT2D eigenvalue weighted by Crippen LogP contribution is -2.05. The zero-order chi connectivity index (χ0) is 13.8. The number of ether oxygens (including phenoxy) is 1. The van der Waals surface area contributed by atoms with E-state index < -0.39 is 0 Å². The van der Waals surface area contributed by atoms with Crippen LogP contribution in [0, 0.1) is 6.92 Å². The Morgan fingerprint density at radius 1 is 1.21 bits per heavy atom. The molecule has 0 amide bonds. The number of benzene rings is 2. The molecule has 0 saturated carbocycles. The first-order valence-electron chi connectivity index (χ1n) is 6.03. The van der Waals surface area contributed by atoms with Gasteiger partial charge in [0.25, 0.3) is 0 Å². The molecule has 0 spiro atoms. The van der Waals surface area contributed by atoms with Crippen molar-refractivity contribution in [2.45, 2.75) is 13.3 Å². The Morgan fingerprint density at radius 2 is 1.95 bits per heavy atom. The van der Waals surface area contributed by atoms with E-state index in [1.165, 1.54) is 0 Å². The summed E-state index contributed by atoms with van der Waals surface area (Å²) in [5.74, 6) is 0.716. The summed E-state index contributed by atoms with van der Waals surface area (Å²) in [6, 6.07) is 13.0. The highest BCUT2D eigenvalue weighted by Gasteiger charge is 2.13. The smallest absolute Gasteiger partial charge is 0.168 e. The molecular formula is C16H15ClO2. The van der Waals surface area contributed by atoms with Gasteiger partial charge in [0.1, 0.15) is 5.75 Å². The highest BCUT2D eigenvalue weighted by Crippen LogP contribution is 2.23. The lowest BCUT2D eigenvalue weighted by atomic mass is 10.0. The number of halogens is 1. The fourth-order valence-electron chi connectivity index (χ4n) is 1.96. The average Bonchev–Trinajstić information content (AvgIpc) is 2.39. The van der Waals surface area contributed by atoms with Crippen molar-refractivity contribution >= 4 is 17.4 Å². The van der Waals surface area contributed by atoms with Gasteiger partial charge in [0.2, 0.25) is 0 Å². The molecule has 2 rings (SSSR count). The van der Waals surface area contributed by atoms with E-state index in [-0.39, 0.29) is 12.2 Å². The van der Waals surface area contributed by atoms with E-state index in [1.54, 1.807) is 19.2 Å². The van der Waals surface area contributed by atoms with Crippen LogP contribution in [-0.4, -0.2) is 12.9 Å². The second-order valence-electron chi connectivity index (χ2n) is 4.40. The van der Waals surface area contributed by atoms with Crippen LogP contribution in [0.5, 0.6) is 5.75 Å². The molecule has 0 aliphatic heterocycles. The van der Waals surface area contributed by atoms with Crippen molar-refractivity contribution in [3.05, 3.63) is 64.2 Å². The molecular weight excluding hydrogens is 260 g/mol. The maximum Gasteiger partial charge on any atom is 0.168 e. The number of para-hydroxylation sites is 1. The van der Waals surface area contributed by atoms with Crippen LogP contribution >= 0.6 is 11.6 Å². The van der Waals surface area contributed by atoms with Crippen LogP contribution in [0.3, 0.4) is 0 Å². The summed E-state index contributed by atoms with van der Waals surface area (Å²) < 4.78 is 5.25. The summed E-state index contributed by atoms with van der Waals surface area (Å²) >= 11 is 6.11. The Kier molecular flexibility index (Phi) is 4.23. The molecule has 2 nitrogen and oxygen atoms in total. The molecule has 2 aromatic carbocycles. The maximum absolute atomic E-state index is 12.3. The van der Waals surface area contributed by atoms with Gasteiger partial charge in [0, 0.05) is 17.5 Å². The Hall–Kier alpha value is -1.80. The van der Waals surface area contributed by atoms with E-state index in [9.17, 15) is 4.79 Å². The van der Waals surface area contributed by atoms with Crippen LogP contribution in [-0.2, 0) is 6.42 Å². The summed E-state index contributed by atoms with van der Waals surface area (Å²) in [5.41, 5.74) is 2.46. The zero-order valence-corrected chi connectivity index (χ0v) is 11.7. The predicted molar refractivity (Wildman–Crippen MR) is 77.2 cm³/mol. The van der Waals surface area contributed by atoms with E-state index in [4.69, 9.17) is 16.3 Å². The van der Waals surface area contributed by atoms with Crippen molar-refractivity contribution in [3.8, 4) is 5.75 Å². The first-order valence-corrected chi connectivity index (χ1v) is 6.41. The number of hydrogen-bond donors (Lipinski definition) is 0. The van der Waals surface area contributed by atoms with Gasteiger partial charge < -0.3 is 4.74 Å². The Balaban J connectivity index is 2.26. The van der Waals surface area contributed by atoms with Crippen molar-refractivity contribution in [2.75, 3.05) is 7.11 Å². The number of carbonyl (C=O) groups is 1. The second kappa shape index (κ2) is 5.89. The van der Waals surface area contributed by atoms with Gasteiger partial charge in [0.05, 0.1) is 12.1 Å². The molecule has 19 heavy (non-hydrogen) atoms. The van der Waals surface area contributed by atoms with Gasteiger partial charge in [-0.1, -0.05) is 35.9 Å². The zero-order valence-electron chi connectivity index (χ0n) is 10.9. The standard InChI is InChI=1S/C16H15ClO2/c1-11-7-8-13(14(17)9-11)15(18)10-12-5-3-4-6-16(12)19-2/h3-9H,10H2,1-2H3. The minimum atomic E-state index is -0.00509. The average molecular weight is 275 g/mol. The van der Waals surface area contributed by atoms with Gasteiger partial charge in [0.15, 0.2) is 5.78 Å². The Morgan fingerprint density at radius 3 is 2.63 bits per heavy atom. The summed E-state index contributed by atoms with van der Waals surface area (Å²) in [7, 11) is 1.60.